The number of rotatable bonds is 4. The Labute approximate surface area is 150 Å². The molecule has 0 saturated heterocycles. The van der Waals surface area contributed by atoms with Crippen LogP contribution in [0.25, 0.3) is 11.2 Å². The van der Waals surface area contributed by atoms with Crippen LogP contribution in [0.15, 0.2) is 37.4 Å². The molecule has 0 amide bonds. The lowest BCUT2D eigenvalue weighted by molar-refractivity contribution is 0.414. The van der Waals surface area contributed by atoms with Crippen LogP contribution in [0.4, 0.5) is 5.95 Å². The Morgan fingerprint density at radius 1 is 1.32 bits per heavy atom. The highest BCUT2D eigenvalue weighted by molar-refractivity contribution is 9.10. The zero-order valence-corrected chi connectivity index (χ0v) is 15.3. The molecule has 1 aromatic carbocycles. The maximum Gasteiger partial charge on any atom is 0.329 e. The topological polar surface area (TPSA) is 106 Å². The fourth-order valence-corrected chi connectivity index (χ4v) is 2.75. The number of aromatic nitrogens is 4. The molecule has 0 aliphatic rings. The molecule has 0 aliphatic carbocycles. The fourth-order valence-electron chi connectivity index (χ4n) is 2.37. The zero-order chi connectivity index (χ0) is 18.1. The van der Waals surface area contributed by atoms with Crippen LogP contribution in [0.1, 0.15) is 5.56 Å². The number of aryl methyl sites for hydroxylation is 2. The number of imidazole rings is 1. The first kappa shape index (κ1) is 17.0. The van der Waals surface area contributed by atoms with Gasteiger partial charge in [0.05, 0.1) is 13.3 Å². The van der Waals surface area contributed by atoms with E-state index in [-0.39, 0.29) is 11.2 Å². The third-order valence-corrected chi connectivity index (χ3v) is 4.19. The summed E-state index contributed by atoms with van der Waals surface area (Å²) in [5, 5.41) is 4.14. The van der Waals surface area contributed by atoms with E-state index >= 15 is 0 Å². The largest absolute Gasteiger partial charge is 0.496 e. The van der Waals surface area contributed by atoms with Gasteiger partial charge in [0.1, 0.15) is 5.75 Å². The van der Waals surface area contributed by atoms with Gasteiger partial charge in [0, 0.05) is 24.1 Å². The van der Waals surface area contributed by atoms with Crippen LogP contribution in [0.5, 0.6) is 5.75 Å². The predicted octanol–water partition coefficient (Wildman–Crippen LogP) is 1.18. The quantitative estimate of drug-likeness (QED) is 0.499. The number of H-pyrrole nitrogens is 1. The van der Waals surface area contributed by atoms with E-state index in [2.05, 4.69) is 36.4 Å². The Bertz CT molecular complexity index is 1100. The molecule has 10 heteroatoms. The molecule has 0 saturated carbocycles. The van der Waals surface area contributed by atoms with Gasteiger partial charge in [-0.1, -0.05) is 15.9 Å². The maximum absolute atomic E-state index is 12.0. The van der Waals surface area contributed by atoms with Crippen molar-refractivity contribution in [1.29, 1.82) is 0 Å². The number of methoxy groups -OCH3 is 1. The van der Waals surface area contributed by atoms with Crippen molar-refractivity contribution in [1.82, 2.24) is 19.1 Å². The number of nitrogens with one attached hydrogen (secondary N) is 2. The van der Waals surface area contributed by atoms with Crippen molar-refractivity contribution in [3.05, 3.63) is 49.1 Å². The molecule has 2 aromatic heterocycles. The van der Waals surface area contributed by atoms with Crippen LogP contribution in [-0.4, -0.2) is 32.4 Å². The number of benzene rings is 1. The van der Waals surface area contributed by atoms with Crippen molar-refractivity contribution in [3.8, 4) is 5.75 Å². The van der Waals surface area contributed by atoms with Gasteiger partial charge in [0.2, 0.25) is 5.95 Å². The van der Waals surface area contributed by atoms with E-state index in [9.17, 15) is 9.59 Å². The highest BCUT2D eigenvalue weighted by atomic mass is 79.9. The number of anilines is 1. The number of halogens is 1. The van der Waals surface area contributed by atoms with Gasteiger partial charge < -0.3 is 9.30 Å². The number of fused-ring (bicyclic) bond motifs is 1. The average molecular weight is 407 g/mol. The van der Waals surface area contributed by atoms with E-state index in [4.69, 9.17) is 4.74 Å². The molecule has 0 aliphatic heterocycles. The molecule has 0 unspecified atom stereocenters. The van der Waals surface area contributed by atoms with Gasteiger partial charge in [0.25, 0.3) is 5.56 Å². The van der Waals surface area contributed by atoms with E-state index in [1.54, 1.807) is 20.4 Å². The molecule has 0 spiro atoms. The lowest BCUT2D eigenvalue weighted by Gasteiger charge is -2.05. The number of hydrogen-bond acceptors (Lipinski definition) is 6. The molecular formula is C15H15BrN6O3. The maximum atomic E-state index is 12.0. The summed E-state index contributed by atoms with van der Waals surface area (Å²) < 4.78 is 8.96. The van der Waals surface area contributed by atoms with E-state index in [1.165, 1.54) is 16.2 Å². The number of aromatic amines is 1. The second kappa shape index (κ2) is 6.55. The molecule has 0 atom stereocenters. The van der Waals surface area contributed by atoms with Gasteiger partial charge in [-0.3, -0.25) is 14.3 Å². The number of ether oxygens (including phenoxy) is 1. The summed E-state index contributed by atoms with van der Waals surface area (Å²) in [5.41, 5.74) is 3.06. The van der Waals surface area contributed by atoms with Crippen LogP contribution in [0.2, 0.25) is 0 Å². The number of nitrogens with zero attached hydrogens (tertiary/aromatic N) is 4. The van der Waals surface area contributed by atoms with Crippen molar-refractivity contribution in [3.63, 3.8) is 0 Å². The monoisotopic (exact) mass is 406 g/mol. The summed E-state index contributed by atoms with van der Waals surface area (Å²) in [7, 11) is 4.77. The number of hydrogen-bond donors (Lipinski definition) is 2. The Morgan fingerprint density at radius 2 is 2.08 bits per heavy atom. The SMILES string of the molecule is COc1ccc(Br)cc1/C=N/Nc1nc2c(c(=O)[nH]c(=O)n2C)n1C. The first-order chi connectivity index (χ1) is 11.9. The smallest absolute Gasteiger partial charge is 0.329 e. The van der Waals surface area contributed by atoms with Gasteiger partial charge in [-0.2, -0.15) is 10.1 Å². The van der Waals surface area contributed by atoms with Crippen molar-refractivity contribution < 1.29 is 4.74 Å². The summed E-state index contributed by atoms with van der Waals surface area (Å²) in [6.07, 6.45) is 1.58. The third-order valence-electron chi connectivity index (χ3n) is 3.69. The highest BCUT2D eigenvalue weighted by Gasteiger charge is 2.14. The predicted molar refractivity (Wildman–Crippen MR) is 98.5 cm³/mol. The molecular weight excluding hydrogens is 392 g/mol. The van der Waals surface area contributed by atoms with Crippen molar-refractivity contribution in [2.45, 2.75) is 0 Å². The Morgan fingerprint density at radius 3 is 2.80 bits per heavy atom. The standard InChI is InChI=1S/C15H15BrN6O3/c1-21-11-12(22(2)15(24)19-13(11)23)18-14(21)20-17-7-8-6-9(16)4-5-10(8)25-3/h4-7H,1-3H3,(H,18,20)(H,19,23,24)/b17-7+. The van der Waals surface area contributed by atoms with Crippen molar-refractivity contribution >= 4 is 39.3 Å². The minimum Gasteiger partial charge on any atom is -0.496 e. The molecule has 2 N–H and O–H groups in total. The van der Waals surface area contributed by atoms with E-state index in [0.29, 0.717) is 11.7 Å². The van der Waals surface area contributed by atoms with Crippen molar-refractivity contribution in [2.24, 2.45) is 19.2 Å². The summed E-state index contributed by atoms with van der Waals surface area (Å²) in [6.45, 7) is 0. The Kier molecular flexibility index (Phi) is 4.45. The van der Waals surface area contributed by atoms with Crippen LogP contribution in [0.3, 0.4) is 0 Å². The van der Waals surface area contributed by atoms with Crippen LogP contribution in [-0.2, 0) is 14.1 Å². The summed E-state index contributed by atoms with van der Waals surface area (Å²) >= 11 is 3.40. The van der Waals surface area contributed by atoms with Gasteiger partial charge in [-0.15, -0.1) is 0 Å². The highest BCUT2D eigenvalue weighted by Crippen LogP contribution is 2.21. The van der Waals surface area contributed by atoms with E-state index < -0.39 is 11.2 Å². The third kappa shape index (κ3) is 3.07. The minimum atomic E-state index is -0.524. The lowest BCUT2D eigenvalue weighted by Crippen LogP contribution is -2.29. The van der Waals surface area contributed by atoms with Crippen LogP contribution in [0, 0.1) is 0 Å². The Balaban J connectivity index is 1.97. The molecule has 3 aromatic rings. The van der Waals surface area contributed by atoms with Gasteiger partial charge in [-0.25, -0.2) is 10.2 Å². The Hall–Kier alpha value is -2.88. The molecule has 0 bridgehead atoms. The summed E-state index contributed by atoms with van der Waals surface area (Å²) in [4.78, 5) is 30.2. The first-order valence-electron chi connectivity index (χ1n) is 7.20. The van der Waals surface area contributed by atoms with Gasteiger partial charge in [-0.05, 0) is 18.2 Å². The zero-order valence-electron chi connectivity index (χ0n) is 13.7. The van der Waals surface area contributed by atoms with E-state index in [1.807, 2.05) is 18.2 Å². The second-order valence-electron chi connectivity index (χ2n) is 5.24. The molecule has 25 heavy (non-hydrogen) atoms. The van der Waals surface area contributed by atoms with Crippen LogP contribution >= 0.6 is 15.9 Å². The lowest BCUT2D eigenvalue weighted by atomic mass is 10.2. The van der Waals surface area contributed by atoms with Gasteiger partial charge in [0.15, 0.2) is 11.2 Å². The minimum absolute atomic E-state index is 0.272. The molecule has 0 fully saturated rings. The summed E-state index contributed by atoms with van der Waals surface area (Å²) in [5.74, 6) is 0.990. The first-order valence-corrected chi connectivity index (χ1v) is 8.00. The summed E-state index contributed by atoms with van der Waals surface area (Å²) in [6, 6.07) is 5.53. The molecule has 130 valence electrons. The van der Waals surface area contributed by atoms with Crippen LogP contribution < -0.4 is 21.4 Å². The normalized spacial score (nSPS) is 11.4. The fraction of sp³-hybridized carbons (Fsp3) is 0.200. The second-order valence-corrected chi connectivity index (χ2v) is 6.16. The molecule has 3 rings (SSSR count). The average Bonchev–Trinajstić information content (AvgIpc) is 2.90. The molecule has 2 heterocycles. The molecule has 9 nitrogen and oxygen atoms in total. The number of hydrazone groups is 1. The van der Waals surface area contributed by atoms with E-state index in [0.717, 1.165) is 10.0 Å². The molecule has 0 radical (unpaired) electrons. The van der Waals surface area contributed by atoms with Crippen molar-refractivity contribution in [2.75, 3.05) is 12.5 Å². The van der Waals surface area contributed by atoms with Gasteiger partial charge >= 0.3 is 5.69 Å².